The Morgan fingerprint density at radius 2 is 1.02 bits per heavy atom. The van der Waals surface area contributed by atoms with Crippen molar-refractivity contribution in [2.45, 2.75) is 18.3 Å². The molecule has 0 amide bonds. The van der Waals surface area contributed by atoms with E-state index in [9.17, 15) is 0 Å². The number of hydrogen-bond donors (Lipinski definition) is 0. The van der Waals surface area contributed by atoms with Gasteiger partial charge in [0.25, 0.3) is 0 Å². The number of fused-ring (bicyclic) bond motifs is 9. The number of hydrogen-bond acceptors (Lipinski definition) is 4. The lowest BCUT2D eigenvalue weighted by Gasteiger charge is -2.46. The standard InChI is InChI=1S/C49H33NO3/c1-3-13-32(14-4-1)34-23-26-39-47(30-34)51-43-20-10-7-17-37(43)49(39)38-18-8-11-21-44(38)52-48-31-35(24-27-40(48)49)33-25-28-46-42(29-33)50(36-15-5-2-6-16-36)41-19-9-12-22-45(41)53-46/h1-6,8-16,18-31H,7,17H2. The van der Waals surface area contributed by atoms with Crippen molar-refractivity contribution in [3.63, 3.8) is 0 Å². The topological polar surface area (TPSA) is 30.9 Å². The summed E-state index contributed by atoms with van der Waals surface area (Å²) < 4.78 is 20.2. The minimum absolute atomic E-state index is 0.580. The monoisotopic (exact) mass is 683 g/mol. The third kappa shape index (κ3) is 4.49. The molecular weight excluding hydrogens is 651 g/mol. The maximum absolute atomic E-state index is 6.89. The van der Waals surface area contributed by atoms with Gasteiger partial charge in [0.05, 0.1) is 16.8 Å². The molecule has 7 aromatic rings. The summed E-state index contributed by atoms with van der Waals surface area (Å²) >= 11 is 0. The summed E-state index contributed by atoms with van der Waals surface area (Å²) in [4.78, 5) is 2.28. The van der Waals surface area contributed by atoms with E-state index in [1.807, 2.05) is 18.2 Å². The second kappa shape index (κ2) is 11.6. The molecule has 0 fully saturated rings. The molecule has 0 bridgehead atoms. The maximum atomic E-state index is 6.89. The zero-order valence-electron chi connectivity index (χ0n) is 28.8. The average Bonchev–Trinajstić information content (AvgIpc) is 3.22. The van der Waals surface area contributed by atoms with Gasteiger partial charge in [-0.1, -0.05) is 115 Å². The van der Waals surface area contributed by atoms with Crippen LogP contribution >= 0.6 is 0 Å². The third-order valence-electron chi connectivity index (χ3n) is 11.1. The van der Waals surface area contributed by atoms with Crippen molar-refractivity contribution in [1.29, 1.82) is 0 Å². The summed E-state index contributed by atoms with van der Waals surface area (Å²) in [7, 11) is 0. The van der Waals surface area contributed by atoms with Gasteiger partial charge in [0.2, 0.25) is 0 Å². The van der Waals surface area contributed by atoms with Gasteiger partial charge in [-0.05, 0) is 101 Å². The van der Waals surface area contributed by atoms with Crippen LogP contribution in [-0.2, 0) is 5.41 Å². The second-order valence-corrected chi connectivity index (χ2v) is 13.9. The zero-order valence-corrected chi connectivity index (χ0v) is 28.8. The lowest BCUT2D eigenvalue weighted by molar-refractivity contribution is 0.367. The molecule has 252 valence electrons. The predicted molar refractivity (Wildman–Crippen MR) is 211 cm³/mol. The van der Waals surface area contributed by atoms with Gasteiger partial charge in [-0.2, -0.15) is 0 Å². The van der Waals surface area contributed by atoms with Gasteiger partial charge < -0.3 is 19.1 Å². The number of benzene rings is 7. The SMILES string of the molecule is C1=CC2=C(CC1)C1(c3ccc(-c4ccccc4)cc3O2)c2ccccc2Oc2cc(-c3ccc4c(c3)N(c3ccccc3)c3ccccc3O4)ccc21. The van der Waals surface area contributed by atoms with Crippen LogP contribution in [0.4, 0.5) is 17.1 Å². The molecule has 4 nitrogen and oxygen atoms in total. The van der Waals surface area contributed by atoms with Crippen LogP contribution < -0.4 is 19.1 Å². The molecule has 11 rings (SSSR count). The Morgan fingerprint density at radius 3 is 1.83 bits per heavy atom. The molecule has 7 aromatic carbocycles. The molecule has 1 atom stereocenters. The highest BCUT2D eigenvalue weighted by Crippen LogP contribution is 2.62. The predicted octanol–water partition coefficient (Wildman–Crippen LogP) is 13.0. The van der Waals surface area contributed by atoms with Crippen molar-refractivity contribution < 1.29 is 14.2 Å². The number of para-hydroxylation sites is 4. The first-order chi connectivity index (χ1) is 26.3. The third-order valence-corrected chi connectivity index (χ3v) is 11.1. The lowest BCUT2D eigenvalue weighted by Crippen LogP contribution is -2.39. The molecule has 0 saturated heterocycles. The summed E-state index contributed by atoms with van der Waals surface area (Å²) in [5.74, 6) is 5.17. The Bertz CT molecular complexity index is 2660. The van der Waals surface area contributed by atoms with Crippen LogP contribution in [0.3, 0.4) is 0 Å². The van der Waals surface area contributed by atoms with Crippen molar-refractivity contribution in [2.24, 2.45) is 0 Å². The van der Waals surface area contributed by atoms with Crippen molar-refractivity contribution in [3.8, 4) is 51.0 Å². The van der Waals surface area contributed by atoms with Gasteiger partial charge in [-0.15, -0.1) is 0 Å². The van der Waals surface area contributed by atoms with Crippen LogP contribution in [-0.4, -0.2) is 0 Å². The molecule has 1 aliphatic carbocycles. The van der Waals surface area contributed by atoms with Gasteiger partial charge in [0.15, 0.2) is 11.5 Å². The van der Waals surface area contributed by atoms with E-state index in [0.717, 1.165) is 103 Å². The molecule has 0 N–H and O–H groups in total. The molecule has 53 heavy (non-hydrogen) atoms. The molecule has 4 heteroatoms. The van der Waals surface area contributed by atoms with E-state index >= 15 is 0 Å². The van der Waals surface area contributed by atoms with Crippen LogP contribution in [0, 0.1) is 0 Å². The van der Waals surface area contributed by atoms with Gasteiger partial charge in [-0.3, -0.25) is 0 Å². The van der Waals surface area contributed by atoms with Gasteiger partial charge >= 0.3 is 0 Å². The molecule has 3 aliphatic heterocycles. The van der Waals surface area contributed by atoms with Gasteiger partial charge in [0, 0.05) is 22.4 Å². The number of allylic oxidation sites excluding steroid dienone is 3. The van der Waals surface area contributed by atoms with Gasteiger partial charge in [-0.25, -0.2) is 0 Å². The molecule has 3 heterocycles. The van der Waals surface area contributed by atoms with Crippen LogP contribution in [0.25, 0.3) is 22.3 Å². The van der Waals surface area contributed by atoms with E-state index in [1.165, 1.54) is 5.57 Å². The smallest absolute Gasteiger partial charge is 0.151 e. The Labute approximate surface area is 308 Å². The first-order valence-electron chi connectivity index (χ1n) is 18.2. The molecule has 0 radical (unpaired) electrons. The van der Waals surface area contributed by atoms with Crippen molar-refractivity contribution in [3.05, 3.63) is 204 Å². The maximum Gasteiger partial charge on any atom is 0.151 e. The van der Waals surface area contributed by atoms with Gasteiger partial charge in [0.1, 0.15) is 23.0 Å². The number of ether oxygens (including phenoxy) is 3. The minimum atomic E-state index is -0.580. The normalized spacial score (nSPS) is 17.2. The Kier molecular flexibility index (Phi) is 6.56. The number of anilines is 3. The molecular formula is C49H33NO3. The fourth-order valence-corrected chi connectivity index (χ4v) is 8.75. The summed E-state index contributed by atoms with van der Waals surface area (Å²) in [5, 5.41) is 0. The second-order valence-electron chi connectivity index (χ2n) is 13.9. The molecule has 0 aromatic heterocycles. The largest absolute Gasteiger partial charge is 0.457 e. The van der Waals surface area contributed by atoms with Crippen molar-refractivity contribution in [2.75, 3.05) is 4.90 Å². The quantitative estimate of drug-likeness (QED) is 0.185. The van der Waals surface area contributed by atoms with Crippen molar-refractivity contribution in [1.82, 2.24) is 0 Å². The van der Waals surface area contributed by atoms with E-state index in [1.54, 1.807) is 0 Å². The molecule has 4 aliphatic rings. The summed E-state index contributed by atoms with van der Waals surface area (Å²) in [5.41, 5.74) is 11.6. The highest BCUT2D eigenvalue weighted by Gasteiger charge is 2.51. The summed E-state index contributed by atoms with van der Waals surface area (Å²) in [6, 6.07) is 57.6. The lowest BCUT2D eigenvalue weighted by atomic mass is 9.60. The highest BCUT2D eigenvalue weighted by molar-refractivity contribution is 5.89. The van der Waals surface area contributed by atoms with E-state index in [2.05, 4.69) is 163 Å². The van der Waals surface area contributed by atoms with Crippen molar-refractivity contribution >= 4 is 17.1 Å². The van der Waals surface area contributed by atoms with Crippen LogP contribution in [0.15, 0.2) is 187 Å². The van der Waals surface area contributed by atoms with Crippen LogP contribution in [0.2, 0.25) is 0 Å². The number of rotatable bonds is 3. The van der Waals surface area contributed by atoms with E-state index in [0.29, 0.717) is 0 Å². The number of nitrogens with zero attached hydrogens (tertiary/aromatic N) is 1. The summed E-state index contributed by atoms with van der Waals surface area (Å²) in [6.45, 7) is 0. The fourth-order valence-electron chi connectivity index (χ4n) is 8.75. The average molecular weight is 684 g/mol. The van der Waals surface area contributed by atoms with E-state index in [-0.39, 0.29) is 0 Å². The first-order valence-corrected chi connectivity index (χ1v) is 18.2. The molecule has 1 unspecified atom stereocenters. The summed E-state index contributed by atoms with van der Waals surface area (Å²) in [6.07, 6.45) is 6.24. The molecule has 1 spiro atoms. The zero-order chi connectivity index (χ0) is 34.9. The highest BCUT2D eigenvalue weighted by atomic mass is 16.5. The molecule has 0 saturated carbocycles. The van der Waals surface area contributed by atoms with Crippen LogP contribution in [0.5, 0.6) is 28.7 Å². The Hall–Kier alpha value is -6.78. The van der Waals surface area contributed by atoms with Crippen LogP contribution in [0.1, 0.15) is 29.5 Å². The Balaban J connectivity index is 1.10. The van der Waals surface area contributed by atoms with E-state index < -0.39 is 5.41 Å². The fraction of sp³-hybridized carbons (Fsp3) is 0.0612. The Morgan fingerprint density at radius 1 is 0.434 bits per heavy atom. The van der Waals surface area contributed by atoms with E-state index in [4.69, 9.17) is 14.2 Å². The minimum Gasteiger partial charge on any atom is -0.457 e. The first kappa shape index (κ1) is 29.9.